The lowest BCUT2D eigenvalue weighted by Gasteiger charge is -2.46. The maximum absolute atomic E-state index is 13.1. The van der Waals surface area contributed by atoms with E-state index in [1.54, 1.807) is 6.07 Å². The molecule has 2 unspecified atom stereocenters. The molecule has 0 saturated heterocycles. The van der Waals surface area contributed by atoms with Gasteiger partial charge < -0.3 is 10.1 Å². The summed E-state index contributed by atoms with van der Waals surface area (Å²) >= 11 is 6.73. The van der Waals surface area contributed by atoms with Gasteiger partial charge in [0.15, 0.2) is 0 Å². The maximum Gasteiger partial charge on any atom is 0.490 e. The first-order valence-corrected chi connectivity index (χ1v) is 10.0. The van der Waals surface area contributed by atoms with Crippen molar-refractivity contribution in [2.75, 3.05) is 0 Å². The number of halogens is 7. The molecular formula is C20H18ClF6NO3. The topological polar surface area (TPSA) is 55.4 Å². The number of carbonyl (C=O) groups excluding carboxylic acids is 2. The minimum absolute atomic E-state index is 0.0513. The smallest absolute Gasteiger partial charge is 0.452 e. The number of hydrogen-bond acceptors (Lipinski definition) is 3. The summed E-state index contributed by atoms with van der Waals surface area (Å²) in [5.74, 6) is -6.30. The molecule has 170 valence electrons. The van der Waals surface area contributed by atoms with Crippen molar-refractivity contribution in [2.24, 2.45) is 17.8 Å². The Morgan fingerprint density at radius 2 is 1.71 bits per heavy atom. The van der Waals surface area contributed by atoms with Crippen LogP contribution in [0.3, 0.4) is 0 Å². The van der Waals surface area contributed by atoms with E-state index in [9.17, 15) is 35.9 Å². The zero-order valence-electron chi connectivity index (χ0n) is 15.9. The highest BCUT2D eigenvalue weighted by Gasteiger charge is 2.73. The van der Waals surface area contributed by atoms with Crippen LogP contribution in [0.15, 0.2) is 30.3 Å². The molecule has 0 spiro atoms. The van der Waals surface area contributed by atoms with E-state index < -0.39 is 52.6 Å². The van der Waals surface area contributed by atoms with E-state index in [1.807, 2.05) is 5.32 Å². The summed E-state index contributed by atoms with van der Waals surface area (Å²) in [5.41, 5.74) is -1.46. The van der Waals surface area contributed by atoms with Crippen LogP contribution in [0, 0.1) is 17.8 Å². The summed E-state index contributed by atoms with van der Waals surface area (Å²) in [4.78, 5) is 22.6. The number of nitrogens with one attached hydrogen (secondary N) is 1. The Bertz CT molecular complexity index is 891. The van der Waals surface area contributed by atoms with Crippen molar-refractivity contribution < 1.29 is 40.7 Å². The third kappa shape index (κ3) is 3.76. The molecule has 0 aliphatic heterocycles. The van der Waals surface area contributed by atoms with Crippen molar-refractivity contribution in [3.05, 3.63) is 35.9 Å². The van der Waals surface area contributed by atoms with E-state index in [0.29, 0.717) is 12.8 Å². The highest BCUT2D eigenvalue weighted by molar-refractivity contribution is 6.24. The van der Waals surface area contributed by atoms with Gasteiger partial charge in [-0.05, 0) is 36.7 Å². The van der Waals surface area contributed by atoms with E-state index in [1.165, 1.54) is 24.3 Å². The Morgan fingerprint density at radius 1 is 1.06 bits per heavy atom. The lowest BCUT2D eigenvalue weighted by atomic mass is 9.67. The lowest BCUT2D eigenvalue weighted by Crippen LogP contribution is -2.53. The van der Waals surface area contributed by atoms with Gasteiger partial charge in [0.25, 0.3) is 0 Å². The summed E-state index contributed by atoms with van der Waals surface area (Å²) in [7, 11) is 0. The number of hydrogen-bond donors (Lipinski definition) is 1. The summed E-state index contributed by atoms with van der Waals surface area (Å²) in [6, 6.07) is 6.30. The van der Waals surface area contributed by atoms with Gasteiger partial charge in [-0.3, -0.25) is 4.79 Å². The van der Waals surface area contributed by atoms with Crippen LogP contribution in [0.1, 0.15) is 37.3 Å². The largest absolute Gasteiger partial charge is 0.490 e. The molecule has 4 aliphatic rings. The fourth-order valence-electron chi connectivity index (χ4n) is 5.98. The Hall–Kier alpha value is -1.97. The van der Waals surface area contributed by atoms with E-state index in [4.69, 9.17) is 16.3 Å². The second-order valence-electron chi connectivity index (χ2n) is 8.67. The number of alkyl halides is 7. The third-order valence-electron chi connectivity index (χ3n) is 6.74. The van der Waals surface area contributed by atoms with Gasteiger partial charge in [-0.1, -0.05) is 30.3 Å². The molecule has 4 aliphatic carbocycles. The fraction of sp³-hybridized carbons (Fsp3) is 0.600. The van der Waals surface area contributed by atoms with Crippen LogP contribution >= 0.6 is 11.6 Å². The predicted molar refractivity (Wildman–Crippen MR) is 95.8 cm³/mol. The van der Waals surface area contributed by atoms with E-state index in [0.717, 1.165) is 0 Å². The van der Waals surface area contributed by atoms with Crippen molar-refractivity contribution in [1.82, 2.24) is 5.32 Å². The first kappa shape index (κ1) is 22.2. The maximum atomic E-state index is 13.1. The molecule has 4 bridgehead atoms. The number of ether oxygens (including phenoxy) is 1. The molecule has 0 radical (unpaired) electrons. The molecular weight excluding hydrogens is 452 g/mol. The second kappa shape index (κ2) is 7.02. The monoisotopic (exact) mass is 469 g/mol. The number of esters is 1. The van der Waals surface area contributed by atoms with Crippen LogP contribution in [0.25, 0.3) is 0 Å². The Morgan fingerprint density at radius 3 is 2.29 bits per heavy atom. The minimum atomic E-state index is -5.27. The zero-order valence-corrected chi connectivity index (χ0v) is 16.7. The minimum Gasteiger partial charge on any atom is -0.452 e. The molecule has 4 nitrogen and oxygen atoms in total. The molecule has 4 saturated carbocycles. The van der Waals surface area contributed by atoms with Crippen LogP contribution in [0.2, 0.25) is 0 Å². The van der Waals surface area contributed by atoms with Gasteiger partial charge in [-0.25, -0.2) is 4.79 Å². The van der Waals surface area contributed by atoms with Gasteiger partial charge in [0.1, 0.15) is 5.60 Å². The van der Waals surface area contributed by atoms with Gasteiger partial charge in [0, 0.05) is 12.3 Å². The summed E-state index contributed by atoms with van der Waals surface area (Å²) < 4.78 is 83.2. The first-order valence-electron chi connectivity index (χ1n) is 9.67. The summed E-state index contributed by atoms with van der Waals surface area (Å²) in [6.07, 6.45) is -9.58. The van der Waals surface area contributed by atoms with Crippen molar-refractivity contribution in [3.8, 4) is 0 Å². The highest BCUT2D eigenvalue weighted by Crippen LogP contribution is 2.71. The number of benzene rings is 1. The molecule has 6 atom stereocenters. The van der Waals surface area contributed by atoms with Crippen LogP contribution in [0.5, 0.6) is 0 Å². The molecule has 0 heterocycles. The van der Waals surface area contributed by atoms with Crippen molar-refractivity contribution in [3.63, 3.8) is 0 Å². The fourth-order valence-corrected chi connectivity index (χ4v) is 6.65. The van der Waals surface area contributed by atoms with E-state index in [-0.39, 0.29) is 24.3 Å². The summed E-state index contributed by atoms with van der Waals surface area (Å²) in [5, 5.41) is 1.94. The van der Waals surface area contributed by atoms with E-state index >= 15 is 0 Å². The van der Waals surface area contributed by atoms with Gasteiger partial charge in [0.2, 0.25) is 0 Å². The molecule has 0 aromatic heterocycles. The number of carbonyl (C=O) groups is 2. The van der Waals surface area contributed by atoms with Crippen LogP contribution < -0.4 is 5.32 Å². The van der Waals surface area contributed by atoms with Crippen LogP contribution in [-0.2, 0) is 14.3 Å². The van der Waals surface area contributed by atoms with Crippen molar-refractivity contribution in [1.29, 1.82) is 0 Å². The van der Waals surface area contributed by atoms with Gasteiger partial charge >= 0.3 is 24.2 Å². The normalized spacial score (nSPS) is 35.1. The first-order chi connectivity index (χ1) is 14.3. The number of amides is 1. The van der Waals surface area contributed by atoms with Crippen molar-refractivity contribution >= 4 is 23.5 Å². The van der Waals surface area contributed by atoms with E-state index in [2.05, 4.69) is 0 Å². The predicted octanol–water partition coefficient (Wildman–Crippen LogP) is 4.68. The molecule has 4 fully saturated rings. The standard InChI is InChI=1S/C20H18ClF6NO3/c21-17-7-10-6-12(17)13(18(8-10,9-17)31-16(30)20(25,26)27)14(11-4-2-1-3-5-11)28-15(29)19(22,23)24/h1-5,10,12-14H,6-9H2,(H,28,29)/t10?,12?,13-,14+,17-,18+/m1/s1. The molecule has 1 amide bonds. The quantitative estimate of drug-likeness (QED) is 0.396. The molecule has 5 rings (SSSR count). The van der Waals surface area contributed by atoms with Gasteiger partial charge in [0.05, 0.1) is 10.9 Å². The molecule has 1 N–H and O–H groups in total. The Kier molecular flexibility index (Phi) is 5.03. The zero-order chi connectivity index (χ0) is 22.8. The molecule has 1 aromatic rings. The second-order valence-corrected chi connectivity index (χ2v) is 9.42. The van der Waals surface area contributed by atoms with Crippen LogP contribution in [-0.4, -0.2) is 34.7 Å². The average molecular weight is 470 g/mol. The Labute approximate surface area is 178 Å². The lowest BCUT2D eigenvalue weighted by molar-refractivity contribution is -0.224. The van der Waals surface area contributed by atoms with Gasteiger partial charge in [-0.15, -0.1) is 11.6 Å². The Balaban J connectivity index is 1.78. The van der Waals surface area contributed by atoms with Crippen LogP contribution in [0.4, 0.5) is 26.3 Å². The summed E-state index contributed by atoms with van der Waals surface area (Å²) in [6.45, 7) is 0. The third-order valence-corrected chi connectivity index (χ3v) is 7.31. The average Bonchev–Trinajstić information content (AvgIpc) is 2.97. The molecule has 31 heavy (non-hydrogen) atoms. The molecule has 11 heteroatoms. The highest BCUT2D eigenvalue weighted by atomic mass is 35.5. The number of rotatable bonds is 4. The van der Waals surface area contributed by atoms with Crippen molar-refractivity contribution in [2.45, 2.75) is 54.6 Å². The van der Waals surface area contributed by atoms with Gasteiger partial charge in [-0.2, -0.15) is 26.3 Å². The molecule has 1 aromatic carbocycles. The SMILES string of the molecule is O=C(N[C@@H](c1ccccc1)[C@H]1C2CC3C[C@@]2(Cl)C[C@@]1(OC(=O)C(F)(F)F)C3)C(F)(F)F.